The molecule has 0 fully saturated rings. The van der Waals surface area contributed by atoms with E-state index in [9.17, 15) is 4.79 Å². The van der Waals surface area contributed by atoms with E-state index in [0.717, 1.165) is 5.56 Å². The maximum absolute atomic E-state index is 12.4. The first-order valence-electron chi connectivity index (χ1n) is 8.53. The van der Waals surface area contributed by atoms with E-state index in [1.165, 1.54) is 4.90 Å². The van der Waals surface area contributed by atoms with Gasteiger partial charge in [0.15, 0.2) is 0 Å². The normalized spacial score (nSPS) is 12.1. The summed E-state index contributed by atoms with van der Waals surface area (Å²) in [5.74, 6) is 0.982. The van der Waals surface area contributed by atoms with Crippen molar-refractivity contribution in [3.63, 3.8) is 0 Å². The zero-order valence-corrected chi connectivity index (χ0v) is 15.4. The first-order valence-corrected chi connectivity index (χ1v) is 8.53. The van der Waals surface area contributed by atoms with E-state index < -0.39 is 6.09 Å². The van der Waals surface area contributed by atoms with Crippen LogP contribution in [-0.4, -0.2) is 28.2 Å². The lowest BCUT2D eigenvalue weighted by molar-refractivity contribution is 0.121. The Hall–Kier alpha value is -2.63. The van der Waals surface area contributed by atoms with Gasteiger partial charge >= 0.3 is 6.09 Å². The Balaban J connectivity index is 2.20. The van der Waals surface area contributed by atoms with Gasteiger partial charge in [-0.05, 0) is 46.2 Å². The molecule has 25 heavy (non-hydrogen) atoms. The SMILES string of the molecule is CC(C)OC(=O)N(c1ccnc(NC(C)c2ccccc2)n1)C(C)C. The van der Waals surface area contributed by atoms with Crippen LogP contribution in [0.1, 0.15) is 46.2 Å². The van der Waals surface area contributed by atoms with Crippen LogP contribution in [0.25, 0.3) is 0 Å². The van der Waals surface area contributed by atoms with Gasteiger partial charge < -0.3 is 10.1 Å². The minimum Gasteiger partial charge on any atom is -0.446 e. The number of ether oxygens (including phenoxy) is 1. The minimum atomic E-state index is -0.411. The first kappa shape index (κ1) is 18.7. The third-order valence-electron chi connectivity index (χ3n) is 3.58. The van der Waals surface area contributed by atoms with Crippen LogP contribution in [0.15, 0.2) is 42.6 Å². The molecular formula is C19H26N4O2. The number of nitrogens with one attached hydrogen (secondary N) is 1. The van der Waals surface area contributed by atoms with Crippen molar-refractivity contribution in [1.82, 2.24) is 9.97 Å². The van der Waals surface area contributed by atoms with Crippen LogP contribution in [0, 0.1) is 0 Å². The van der Waals surface area contributed by atoms with Gasteiger partial charge in [-0.3, -0.25) is 4.90 Å². The van der Waals surface area contributed by atoms with Gasteiger partial charge in [-0.25, -0.2) is 9.78 Å². The van der Waals surface area contributed by atoms with Crippen molar-refractivity contribution in [2.75, 3.05) is 10.2 Å². The molecule has 1 aromatic carbocycles. The molecule has 2 aromatic rings. The highest BCUT2D eigenvalue weighted by Gasteiger charge is 2.23. The summed E-state index contributed by atoms with van der Waals surface area (Å²) in [5, 5.41) is 3.27. The topological polar surface area (TPSA) is 67.3 Å². The maximum Gasteiger partial charge on any atom is 0.415 e. The number of amides is 1. The van der Waals surface area contributed by atoms with Crippen LogP contribution in [0.5, 0.6) is 0 Å². The molecule has 1 aromatic heterocycles. The standard InChI is InChI=1S/C19H26N4O2/c1-13(2)23(19(24)25-14(3)4)17-11-12-20-18(22-17)21-15(5)16-9-7-6-8-10-16/h6-15H,1-5H3,(H,20,21,22). The average Bonchev–Trinajstić information content (AvgIpc) is 2.55. The number of hydrogen-bond acceptors (Lipinski definition) is 5. The van der Waals surface area contributed by atoms with Crippen LogP contribution >= 0.6 is 0 Å². The quantitative estimate of drug-likeness (QED) is 0.842. The molecule has 6 nitrogen and oxygen atoms in total. The smallest absolute Gasteiger partial charge is 0.415 e. The second-order valence-electron chi connectivity index (χ2n) is 6.41. The summed E-state index contributed by atoms with van der Waals surface area (Å²) in [4.78, 5) is 22.7. The minimum absolute atomic E-state index is 0.0477. The highest BCUT2D eigenvalue weighted by atomic mass is 16.6. The summed E-state index contributed by atoms with van der Waals surface area (Å²) in [5.41, 5.74) is 1.14. The Morgan fingerprint density at radius 2 is 1.76 bits per heavy atom. The summed E-state index contributed by atoms with van der Waals surface area (Å²) in [6.45, 7) is 9.53. The lowest BCUT2D eigenvalue weighted by atomic mass is 10.1. The molecule has 134 valence electrons. The Labute approximate surface area is 149 Å². The summed E-state index contributed by atoms with van der Waals surface area (Å²) in [7, 11) is 0. The molecule has 0 bridgehead atoms. The number of nitrogens with zero attached hydrogens (tertiary/aromatic N) is 3. The van der Waals surface area contributed by atoms with Crippen molar-refractivity contribution < 1.29 is 9.53 Å². The van der Waals surface area contributed by atoms with Crippen molar-refractivity contribution in [3.8, 4) is 0 Å². The van der Waals surface area contributed by atoms with E-state index in [-0.39, 0.29) is 18.2 Å². The molecule has 1 amide bonds. The molecule has 1 atom stereocenters. The van der Waals surface area contributed by atoms with Crippen LogP contribution in [0.2, 0.25) is 0 Å². The molecule has 0 saturated heterocycles. The molecule has 0 spiro atoms. The molecule has 6 heteroatoms. The van der Waals surface area contributed by atoms with E-state index in [1.807, 2.05) is 65.0 Å². The van der Waals surface area contributed by atoms with Crippen molar-refractivity contribution in [3.05, 3.63) is 48.2 Å². The number of aromatic nitrogens is 2. The van der Waals surface area contributed by atoms with E-state index in [2.05, 4.69) is 15.3 Å². The Kier molecular flexibility index (Phi) is 6.33. The Bertz CT molecular complexity index is 689. The predicted octanol–water partition coefficient (Wildman–Crippen LogP) is 4.41. The number of rotatable bonds is 6. The van der Waals surface area contributed by atoms with Crippen molar-refractivity contribution >= 4 is 17.9 Å². The molecule has 0 aliphatic rings. The van der Waals surface area contributed by atoms with Gasteiger partial charge in [0.2, 0.25) is 5.95 Å². The van der Waals surface area contributed by atoms with E-state index in [4.69, 9.17) is 4.74 Å². The molecular weight excluding hydrogens is 316 g/mol. The van der Waals surface area contributed by atoms with Gasteiger partial charge in [-0.15, -0.1) is 0 Å². The molecule has 1 heterocycles. The van der Waals surface area contributed by atoms with Crippen molar-refractivity contribution in [1.29, 1.82) is 0 Å². The zero-order chi connectivity index (χ0) is 18.4. The second kappa shape index (κ2) is 8.46. The Morgan fingerprint density at radius 3 is 2.36 bits per heavy atom. The summed E-state index contributed by atoms with van der Waals surface area (Å²) >= 11 is 0. The highest BCUT2D eigenvalue weighted by Crippen LogP contribution is 2.20. The predicted molar refractivity (Wildman–Crippen MR) is 99.7 cm³/mol. The first-order chi connectivity index (χ1) is 11.9. The fourth-order valence-electron chi connectivity index (χ4n) is 2.40. The number of benzene rings is 1. The zero-order valence-electron chi connectivity index (χ0n) is 15.4. The van der Waals surface area contributed by atoms with Gasteiger partial charge in [0.05, 0.1) is 12.1 Å². The van der Waals surface area contributed by atoms with Gasteiger partial charge in [0.1, 0.15) is 5.82 Å². The third kappa shape index (κ3) is 5.17. The van der Waals surface area contributed by atoms with E-state index >= 15 is 0 Å². The monoisotopic (exact) mass is 342 g/mol. The molecule has 2 rings (SSSR count). The number of hydrogen-bond donors (Lipinski definition) is 1. The Morgan fingerprint density at radius 1 is 1.08 bits per heavy atom. The molecule has 0 saturated carbocycles. The van der Waals surface area contributed by atoms with Gasteiger partial charge in [0, 0.05) is 12.2 Å². The molecule has 0 aliphatic heterocycles. The van der Waals surface area contributed by atoms with Crippen molar-refractivity contribution in [2.24, 2.45) is 0 Å². The lowest BCUT2D eigenvalue weighted by Crippen LogP contribution is -2.39. The second-order valence-corrected chi connectivity index (χ2v) is 6.41. The summed E-state index contributed by atoms with van der Waals surface area (Å²) in [6, 6.07) is 11.7. The van der Waals surface area contributed by atoms with Crippen LogP contribution in [0.3, 0.4) is 0 Å². The molecule has 1 unspecified atom stereocenters. The maximum atomic E-state index is 12.4. The summed E-state index contributed by atoms with van der Waals surface area (Å²) < 4.78 is 5.32. The van der Waals surface area contributed by atoms with Crippen molar-refractivity contribution in [2.45, 2.75) is 52.8 Å². The third-order valence-corrected chi connectivity index (χ3v) is 3.58. The van der Waals surface area contributed by atoms with Crippen LogP contribution in [-0.2, 0) is 4.74 Å². The highest BCUT2D eigenvalue weighted by molar-refractivity contribution is 5.87. The van der Waals surface area contributed by atoms with Gasteiger partial charge in [-0.1, -0.05) is 30.3 Å². The van der Waals surface area contributed by atoms with Gasteiger partial charge in [0.25, 0.3) is 0 Å². The number of carbonyl (C=O) groups excluding carboxylic acids is 1. The van der Waals surface area contributed by atoms with Crippen LogP contribution < -0.4 is 10.2 Å². The molecule has 0 aliphatic carbocycles. The van der Waals surface area contributed by atoms with Gasteiger partial charge in [-0.2, -0.15) is 4.98 Å². The van der Waals surface area contributed by atoms with E-state index in [1.54, 1.807) is 12.3 Å². The average molecular weight is 342 g/mol. The van der Waals surface area contributed by atoms with Crippen LogP contribution in [0.4, 0.5) is 16.6 Å². The molecule has 1 N–H and O–H groups in total. The number of carbonyl (C=O) groups is 1. The number of anilines is 2. The summed E-state index contributed by atoms with van der Waals surface area (Å²) in [6.07, 6.45) is 1.04. The lowest BCUT2D eigenvalue weighted by Gasteiger charge is -2.26. The van der Waals surface area contributed by atoms with E-state index in [0.29, 0.717) is 11.8 Å². The molecule has 0 radical (unpaired) electrons. The largest absolute Gasteiger partial charge is 0.446 e. The fraction of sp³-hybridized carbons (Fsp3) is 0.421. The fourth-order valence-corrected chi connectivity index (χ4v) is 2.40.